The monoisotopic (exact) mass is 511 g/mol. The van der Waals surface area contributed by atoms with Crippen molar-refractivity contribution in [1.29, 1.82) is 0 Å². The number of aryl methyl sites for hydroxylation is 2. The average molecular weight is 512 g/mol. The fourth-order valence-electron chi connectivity index (χ4n) is 5.80. The summed E-state index contributed by atoms with van der Waals surface area (Å²) in [5.74, 6) is 1.38. The molecule has 0 unspecified atom stereocenters. The molecule has 1 aliphatic carbocycles. The number of nitrogens with zero attached hydrogens (tertiary/aromatic N) is 2. The maximum Gasteiger partial charge on any atom is 0.322 e. The molecule has 2 aromatic carbocycles. The van der Waals surface area contributed by atoms with Gasteiger partial charge in [-0.15, -0.1) is 11.3 Å². The zero-order valence-electron chi connectivity index (χ0n) is 20.8. The SMILES string of the molecule is Cc1ccc([C@@H]2c3cccn3-c3sc4c(c3CN2C(=O)Nc2ccc3c(c2)OCCO3)CCCC4)cc1. The van der Waals surface area contributed by atoms with Gasteiger partial charge in [0.05, 0.1) is 18.3 Å². The predicted octanol–water partition coefficient (Wildman–Crippen LogP) is 6.63. The van der Waals surface area contributed by atoms with Gasteiger partial charge in [-0.2, -0.15) is 0 Å². The Morgan fingerprint density at radius 3 is 2.65 bits per heavy atom. The number of thiophene rings is 1. The third-order valence-corrected chi connectivity index (χ3v) is 8.96. The molecule has 0 spiro atoms. The molecule has 7 heteroatoms. The summed E-state index contributed by atoms with van der Waals surface area (Å²) in [7, 11) is 0. The van der Waals surface area contributed by atoms with E-state index in [0.717, 1.165) is 24.1 Å². The lowest BCUT2D eigenvalue weighted by Crippen LogP contribution is -2.38. The molecule has 37 heavy (non-hydrogen) atoms. The third kappa shape index (κ3) is 3.89. The van der Waals surface area contributed by atoms with E-state index in [-0.39, 0.29) is 12.1 Å². The Morgan fingerprint density at radius 1 is 0.973 bits per heavy atom. The van der Waals surface area contributed by atoms with E-state index < -0.39 is 0 Å². The van der Waals surface area contributed by atoms with Crippen LogP contribution in [0.3, 0.4) is 0 Å². The van der Waals surface area contributed by atoms with E-state index in [0.29, 0.717) is 36.9 Å². The number of fused-ring (bicyclic) bond motifs is 6. The molecular weight excluding hydrogens is 482 g/mol. The highest BCUT2D eigenvalue weighted by atomic mass is 32.1. The van der Waals surface area contributed by atoms with Gasteiger partial charge in [-0.05, 0) is 68.0 Å². The maximum absolute atomic E-state index is 14.1. The van der Waals surface area contributed by atoms with Gasteiger partial charge in [-0.1, -0.05) is 29.8 Å². The number of amides is 2. The summed E-state index contributed by atoms with van der Waals surface area (Å²) in [6.07, 6.45) is 6.82. The van der Waals surface area contributed by atoms with Gasteiger partial charge < -0.3 is 24.3 Å². The standard InChI is InChI=1S/C30H29N3O3S/c1-19-8-10-20(11-9-19)28-24-6-4-14-32(24)29-23(22-5-2-3-7-27(22)37-29)18-33(28)30(34)31-21-12-13-25-26(17-21)36-16-15-35-25/h4,6,8-14,17,28H,2-3,5,7,15-16,18H2,1H3,(H,31,34)/t28-/m1/s1. The lowest BCUT2D eigenvalue weighted by Gasteiger charge is -2.31. The Kier molecular flexibility index (Phi) is 5.47. The summed E-state index contributed by atoms with van der Waals surface area (Å²) >= 11 is 1.91. The molecular formula is C30H29N3O3S. The molecule has 4 heterocycles. The largest absolute Gasteiger partial charge is 0.486 e. The summed E-state index contributed by atoms with van der Waals surface area (Å²) in [4.78, 5) is 17.6. The van der Waals surface area contributed by atoms with Gasteiger partial charge in [0.15, 0.2) is 11.5 Å². The first-order valence-corrected chi connectivity index (χ1v) is 13.8. The predicted molar refractivity (Wildman–Crippen MR) is 145 cm³/mol. The van der Waals surface area contributed by atoms with Crippen molar-refractivity contribution in [2.24, 2.45) is 0 Å². The molecule has 0 saturated heterocycles. The van der Waals surface area contributed by atoms with Crippen molar-refractivity contribution in [3.8, 4) is 16.5 Å². The molecule has 2 amide bonds. The second-order valence-corrected chi connectivity index (χ2v) is 11.1. The second kappa shape index (κ2) is 8.99. The second-order valence-electron chi connectivity index (χ2n) is 10.0. The van der Waals surface area contributed by atoms with E-state index in [9.17, 15) is 4.79 Å². The molecule has 3 aliphatic rings. The van der Waals surface area contributed by atoms with Gasteiger partial charge in [0, 0.05) is 28.4 Å². The smallest absolute Gasteiger partial charge is 0.322 e. The minimum atomic E-state index is -0.216. The van der Waals surface area contributed by atoms with E-state index in [4.69, 9.17) is 9.47 Å². The highest BCUT2D eigenvalue weighted by Crippen LogP contribution is 2.44. The van der Waals surface area contributed by atoms with Crippen LogP contribution in [0.1, 0.15) is 51.7 Å². The maximum atomic E-state index is 14.1. The Bertz CT molecular complexity index is 1490. The number of anilines is 1. The normalized spacial score (nSPS) is 17.9. The molecule has 2 aromatic heterocycles. The summed E-state index contributed by atoms with van der Waals surface area (Å²) in [5.41, 5.74) is 6.86. The van der Waals surface area contributed by atoms with Crippen molar-refractivity contribution in [1.82, 2.24) is 9.47 Å². The lowest BCUT2D eigenvalue weighted by molar-refractivity contribution is 0.171. The number of benzene rings is 2. The van der Waals surface area contributed by atoms with Gasteiger partial charge in [-0.25, -0.2) is 4.79 Å². The minimum absolute atomic E-state index is 0.126. The van der Waals surface area contributed by atoms with Crippen LogP contribution in [0.4, 0.5) is 10.5 Å². The van der Waals surface area contributed by atoms with Crippen LogP contribution < -0.4 is 14.8 Å². The van der Waals surface area contributed by atoms with Crippen molar-refractivity contribution in [3.05, 3.63) is 93.6 Å². The third-order valence-electron chi connectivity index (χ3n) is 7.63. The lowest BCUT2D eigenvalue weighted by atomic mass is 9.95. The highest BCUT2D eigenvalue weighted by Gasteiger charge is 2.36. The quantitative estimate of drug-likeness (QED) is 0.328. The molecule has 1 atom stereocenters. The van der Waals surface area contributed by atoms with E-state index >= 15 is 0 Å². The molecule has 0 bridgehead atoms. The van der Waals surface area contributed by atoms with Crippen molar-refractivity contribution < 1.29 is 14.3 Å². The van der Waals surface area contributed by atoms with Gasteiger partial charge in [-0.3, -0.25) is 0 Å². The molecule has 7 rings (SSSR count). The van der Waals surface area contributed by atoms with E-state index in [2.05, 4.69) is 59.4 Å². The molecule has 0 radical (unpaired) electrons. The number of carbonyl (C=O) groups excluding carboxylic acids is 1. The minimum Gasteiger partial charge on any atom is -0.486 e. The fourth-order valence-corrected chi connectivity index (χ4v) is 7.21. The number of hydrogen-bond acceptors (Lipinski definition) is 4. The molecule has 4 aromatic rings. The summed E-state index contributed by atoms with van der Waals surface area (Å²) < 4.78 is 13.7. The molecule has 188 valence electrons. The van der Waals surface area contributed by atoms with Crippen molar-refractivity contribution in [2.75, 3.05) is 18.5 Å². The van der Waals surface area contributed by atoms with Crippen LogP contribution in [0.25, 0.3) is 5.00 Å². The van der Waals surface area contributed by atoms with Gasteiger partial charge in [0.1, 0.15) is 18.2 Å². The van der Waals surface area contributed by atoms with Gasteiger partial charge in [0.25, 0.3) is 0 Å². The molecule has 1 N–H and O–H groups in total. The van der Waals surface area contributed by atoms with E-state index in [1.807, 2.05) is 34.4 Å². The topological polar surface area (TPSA) is 55.7 Å². The van der Waals surface area contributed by atoms with Gasteiger partial charge >= 0.3 is 6.03 Å². The fraction of sp³-hybridized carbons (Fsp3) is 0.300. The molecule has 2 aliphatic heterocycles. The number of aromatic nitrogens is 1. The molecule has 0 fully saturated rings. The van der Waals surface area contributed by atoms with E-state index in [1.165, 1.54) is 39.4 Å². The number of urea groups is 1. The number of carbonyl (C=O) groups is 1. The summed E-state index contributed by atoms with van der Waals surface area (Å²) in [6.45, 7) is 3.71. The van der Waals surface area contributed by atoms with Crippen LogP contribution in [-0.2, 0) is 19.4 Å². The number of ether oxygens (including phenoxy) is 2. The Balaban J connectivity index is 1.33. The summed E-state index contributed by atoms with van der Waals surface area (Å²) in [6, 6.07) is 18.1. The number of nitrogens with one attached hydrogen (secondary N) is 1. The number of hydrogen-bond donors (Lipinski definition) is 1. The highest BCUT2D eigenvalue weighted by molar-refractivity contribution is 7.15. The number of rotatable bonds is 2. The zero-order chi connectivity index (χ0) is 24.9. The molecule has 0 saturated carbocycles. The van der Waals surface area contributed by atoms with Crippen LogP contribution in [-0.4, -0.2) is 28.7 Å². The van der Waals surface area contributed by atoms with Crippen LogP contribution >= 0.6 is 11.3 Å². The van der Waals surface area contributed by atoms with Crippen molar-refractivity contribution in [3.63, 3.8) is 0 Å². The van der Waals surface area contributed by atoms with Crippen molar-refractivity contribution in [2.45, 2.75) is 45.2 Å². The van der Waals surface area contributed by atoms with Crippen LogP contribution in [0.5, 0.6) is 11.5 Å². The Morgan fingerprint density at radius 2 is 1.78 bits per heavy atom. The van der Waals surface area contributed by atoms with Crippen molar-refractivity contribution >= 4 is 23.1 Å². The molecule has 6 nitrogen and oxygen atoms in total. The van der Waals surface area contributed by atoms with Gasteiger partial charge in [0.2, 0.25) is 0 Å². The first-order chi connectivity index (χ1) is 18.2. The zero-order valence-corrected chi connectivity index (χ0v) is 21.6. The van der Waals surface area contributed by atoms with Crippen LogP contribution in [0.15, 0.2) is 60.8 Å². The van der Waals surface area contributed by atoms with E-state index in [1.54, 1.807) is 0 Å². The van der Waals surface area contributed by atoms with Crippen LogP contribution in [0.2, 0.25) is 0 Å². The van der Waals surface area contributed by atoms with Crippen LogP contribution in [0, 0.1) is 6.92 Å². The first-order valence-electron chi connectivity index (χ1n) is 13.0. The average Bonchev–Trinajstić information content (AvgIpc) is 3.51. The first kappa shape index (κ1) is 22.5. The summed E-state index contributed by atoms with van der Waals surface area (Å²) in [5, 5.41) is 4.43. The Hall–Kier alpha value is -3.71. The Labute approximate surface area is 220 Å².